The molecule has 0 heterocycles. The van der Waals surface area contributed by atoms with Crippen molar-refractivity contribution in [2.24, 2.45) is 0 Å². The third-order valence-electron chi connectivity index (χ3n) is 8.02. The van der Waals surface area contributed by atoms with Crippen molar-refractivity contribution in [3.05, 3.63) is 167 Å². The molecule has 0 aromatic heterocycles. The highest BCUT2D eigenvalue weighted by Gasteiger charge is 2.36. The van der Waals surface area contributed by atoms with Crippen molar-refractivity contribution in [2.45, 2.75) is 24.6 Å². The quantitative estimate of drug-likeness (QED) is 0.130. The summed E-state index contributed by atoms with van der Waals surface area (Å²) in [5.41, 5.74) is 5.79. The first-order valence-corrected chi connectivity index (χ1v) is 18.2. The molecule has 0 saturated carbocycles. The van der Waals surface area contributed by atoms with Gasteiger partial charge in [0.25, 0.3) is 10.1 Å². The van der Waals surface area contributed by atoms with Gasteiger partial charge in [0.1, 0.15) is 6.54 Å². The molecule has 0 unspecified atom stereocenters. The van der Waals surface area contributed by atoms with Crippen molar-refractivity contribution in [3.63, 3.8) is 0 Å². The van der Waals surface area contributed by atoms with E-state index in [1.54, 1.807) is 70.1 Å². The molecule has 2 N–H and O–H groups in total. The van der Waals surface area contributed by atoms with Crippen LogP contribution in [0, 0.1) is 0 Å². The summed E-state index contributed by atoms with van der Waals surface area (Å²) in [6, 6.07) is 34.6. The van der Waals surface area contributed by atoms with Gasteiger partial charge in [-0.25, -0.2) is 4.58 Å². The topological polar surface area (TPSA) is 115 Å². The minimum Gasteiger partial charge on any atom is -0.350 e. The fourth-order valence-electron chi connectivity index (χ4n) is 5.97. The van der Waals surface area contributed by atoms with Gasteiger partial charge in [0.15, 0.2) is 5.37 Å². The predicted octanol–water partition coefficient (Wildman–Crippen LogP) is 7.09. The highest BCUT2D eigenvalue weighted by atomic mass is 32.2. The van der Waals surface area contributed by atoms with E-state index in [9.17, 15) is 25.9 Å². The molecule has 0 spiro atoms. The maximum absolute atomic E-state index is 12.6. The standard InChI is InChI=1S/C37H36N2O6S2/c1-3-38(36(46(40,41)42)31-16-10-6-11-17-31)33-24-20-29(21-25-33)35(28-14-8-5-9-15-28)30-22-26-34(27-23-30)39(4-2)37(47(43,44)45)32-18-12-7-13-19-32/h5-27,36-37H,3-4H2,1-2H3,(H-,40,41,42,43,44,45)/p+1/t36-,37+. The minimum atomic E-state index is -4.47. The van der Waals surface area contributed by atoms with E-state index < -0.39 is 31.0 Å². The molecule has 1 aliphatic rings. The molecule has 5 rings (SSSR count). The van der Waals surface area contributed by atoms with E-state index in [2.05, 4.69) is 0 Å². The second kappa shape index (κ2) is 14.4. The number of benzene rings is 4. The van der Waals surface area contributed by atoms with Crippen LogP contribution < -0.4 is 4.90 Å². The lowest BCUT2D eigenvalue weighted by molar-refractivity contribution is -0.545. The zero-order valence-electron chi connectivity index (χ0n) is 26.1. The lowest BCUT2D eigenvalue weighted by Gasteiger charge is -2.31. The van der Waals surface area contributed by atoms with Crippen LogP contribution in [0.15, 0.2) is 145 Å². The second-order valence-corrected chi connectivity index (χ2v) is 13.9. The lowest BCUT2D eigenvalue weighted by Crippen LogP contribution is -2.34. The zero-order valence-corrected chi connectivity index (χ0v) is 27.7. The van der Waals surface area contributed by atoms with Crippen molar-refractivity contribution in [1.82, 2.24) is 0 Å². The molecule has 4 aromatic carbocycles. The van der Waals surface area contributed by atoms with Crippen LogP contribution in [0.3, 0.4) is 0 Å². The van der Waals surface area contributed by atoms with E-state index in [1.165, 1.54) is 0 Å². The molecule has 4 aromatic rings. The Morgan fingerprint density at radius 1 is 0.638 bits per heavy atom. The fourth-order valence-corrected chi connectivity index (χ4v) is 8.16. The Bertz CT molecular complexity index is 2020. The highest BCUT2D eigenvalue weighted by Crippen LogP contribution is 2.35. The van der Waals surface area contributed by atoms with Gasteiger partial charge in [0.2, 0.25) is 5.71 Å². The number of hydrogen-bond donors (Lipinski definition) is 2. The maximum Gasteiger partial charge on any atom is 0.334 e. The second-order valence-electron chi connectivity index (χ2n) is 11.0. The fraction of sp³-hybridized carbons (Fsp3) is 0.162. The van der Waals surface area contributed by atoms with Gasteiger partial charge in [-0.2, -0.15) is 16.8 Å². The van der Waals surface area contributed by atoms with Crippen molar-refractivity contribution >= 4 is 37.2 Å². The average molecular weight is 670 g/mol. The van der Waals surface area contributed by atoms with Crippen LogP contribution >= 0.6 is 0 Å². The third kappa shape index (κ3) is 7.69. The van der Waals surface area contributed by atoms with E-state index in [4.69, 9.17) is 0 Å². The summed E-state index contributed by atoms with van der Waals surface area (Å²) in [4.78, 5) is 1.64. The summed E-state index contributed by atoms with van der Waals surface area (Å²) in [7, 11) is -8.95. The molecular formula is C37H37N2O6S2+. The Labute approximate surface area is 276 Å². The zero-order chi connectivity index (χ0) is 33.6. The first-order chi connectivity index (χ1) is 22.5. The van der Waals surface area contributed by atoms with Crippen LogP contribution in [0.5, 0.6) is 0 Å². The molecular weight excluding hydrogens is 633 g/mol. The number of allylic oxidation sites excluding steroid dienone is 5. The molecule has 10 heteroatoms. The molecule has 0 bridgehead atoms. The predicted molar refractivity (Wildman–Crippen MR) is 187 cm³/mol. The third-order valence-corrected chi connectivity index (χ3v) is 10.2. The number of anilines is 1. The summed E-state index contributed by atoms with van der Waals surface area (Å²) >= 11 is 0. The molecule has 242 valence electrons. The first-order valence-electron chi connectivity index (χ1n) is 15.2. The molecule has 8 nitrogen and oxygen atoms in total. The van der Waals surface area contributed by atoms with Crippen molar-refractivity contribution in [1.29, 1.82) is 0 Å². The number of hydrogen-bond acceptors (Lipinski definition) is 5. The average Bonchev–Trinajstić information content (AvgIpc) is 3.07. The Hall–Kier alpha value is -4.61. The Kier molecular flexibility index (Phi) is 10.4. The van der Waals surface area contributed by atoms with E-state index in [0.29, 0.717) is 35.6 Å². The van der Waals surface area contributed by atoms with Gasteiger partial charge in [0, 0.05) is 29.9 Å². The van der Waals surface area contributed by atoms with E-state index in [1.807, 2.05) is 92.7 Å². The minimum absolute atomic E-state index is 0.330. The van der Waals surface area contributed by atoms with Crippen LogP contribution in [-0.2, 0) is 20.2 Å². The van der Waals surface area contributed by atoms with Crippen LogP contribution in [-0.4, -0.2) is 49.3 Å². The lowest BCUT2D eigenvalue weighted by atomic mass is 9.90. The van der Waals surface area contributed by atoms with Gasteiger partial charge in [-0.05, 0) is 66.0 Å². The Balaban J connectivity index is 1.57. The van der Waals surface area contributed by atoms with Crippen LogP contribution in [0.1, 0.15) is 46.8 Å². The SMILES string of the molecule is CCN(c1ccc(C(=C2C=CC(=[N+](CC)[C@H](c3ccccc3)S(=O)(=O)O)C=C2)c2ccccc2)cc1)[C@@H](c1ccccc1)S(=O)(=O)O. The van der Waals surface area contributed by atoms with Crippen molar-refractivity contribution in [2.75, 3.05) is 18.0 Å². The number of rotatable bonds is 11. The smallest absolute Gasteiger partial charge is 0.334 e. The molecule has 0 radical (unpaired) electrons. The van der Waals surface area contributed by atoms with Gasteiger partial charge in [-0.1, -0.05) is 103 Å². The highest BCUT2D eigenvalue weighted by molar-refractivity contribution is 7.86. The largest absolute Gasteiger partial charge is 0.350 e. The van der Waals surface area contributed by atoms with E-state index in [0.717, 1.165) is 22.3 Å². The molecule has 2 atom stereocenters. The summed E-state index contributed by atoms with van der Waals surface area (Å²) in [6.07, 6.45) is 7.52. The molecule has 0 amide bonds. The summed E-state index contributed by atoms with van der Waals surface area (Å²) < 4.78 is 72.4. The van der Waals surface area contributed by atoms with E-state index >= 15 is 0 Å². The van der Waals surface area contributed by atoms with Crippen molar-refractivity contribution in [3.8, 4) is 0 Å². The van der Waals surface area contributed by atoms with Gasteiger partial charge < -0.3 is 4.90 Å². The summed E-state index contributed by atoms with van der Waals surface area (Å²) in [5.74, 6) is 0. The normalized spacial score (nSPS) is 14.5. The van der Waals surface area contributed by atoms with Crippen LogP contribution in [0.2, 0.25) is 0 Å². The Morgan fingerprint density at radius 3 is 1.60 bits per heavy atom. The van der Waals surface area contributed by atoms with E-state index in [-0.39, 0.29) is 0 Å². The van der Waals surface area contributed by atoms with Gasteiger partial charge in [-0.15, -0.1) is 0 Å². The Morgan fingerprint density at radius 2 is 1.13 bits per heavy atom. The maximum atomic E-state index is 12.6. The monoisotopic (exact) mass is 669 g/mol. The van der Waals surface area contributed by atoms with Gasteiger partial charge in [0.05, 0.1) is 0 Å². The molecule has 1 aliphatic carbocycles. The summed E-state index contributed by atoms with van der Waals surface area (Å²) in [6.45, 7) is 4.33. The molecule has 0 saturated heterocycles. The van der Waals surface area contributed by atoms with Crippen LogP contribution in [0.4, 0.5) is 5.69 Å². The molecule has 0 aliphatic heterocycles. The van der Waals surface area contributed by atoms with Gasteiger partial charge >= 0.3 is 15.5 Å². The first kappa shape index (κ1) is 33.7. The molecule has 0 fully saturated rings. The van der Waals surface area contributed by atoms with Crippen LogP contribution in [0.25, 0.3) is 5.57 Å². The van der Waals surface area contributed by atoms with Gasteiger partial charge in [-0.3, -0.25) is 9.11 Å². The molecule has 47 heavy (non-hydrogen) atoms. The number of nitrogens with zero attached hydrogens (tertiary/aromatic N) is 2. The van der Waals surface area contributed by atoms with Crippen molar-refractivity contribution < 1.29 is 30.5 Å². The summed E-state index contributed by atoms with van der Waals surface area (Å²) in [5, 5.41) is -2.54.